The molecular formula is C9H8N3NaO. The van der Waals surface area contributed by atoms with Gasteiger partial charge in [0.2, 0.25) is 0 Å². The Balaban J connectivity index is 0.000000980. The minimum absolute atomic E-state index is 0. The van der Waals surface area contributed by atoms with E-state index in [0.717, 1.165) is 12.2 Å². The summed E-state index contributed by atoms with van der Waals surface area (Å²) in [7, 11) is 0. The van der Waals surface area contributed by atoms with Crippen molar-refractivity contribution in [1.82, 2.24) is 4.90 Å². The average Bonchev–Trinajstić information content (AvgIpc) is 2.17. The summed E-state index contributed by atoms with van der Waals surface area (Å²) in [6.07, 6.45) is 8.57. The summed E-state index contributed by atoms with van der Waals surface area (Å²) in [5.74, 6) is -0.661. The topological polar surface area (TPSA) is 56.5 Å². The number of nitrogens with zero attached hydrogens (tertiary/aromatic N) is 2. The second kappa shape index (κ2) is 4.59. The van der Waals surface area contributed by atoms with E-state index in [4.69, 9.17) is 5.73 Å². The molecule has 0 saturated carbocycles. The Kier molecular flexibility index (Phi) is 3.69. The van der Waals surface area contributed by atoms with Gasteiger partial charge in [-0.15, -0.1) is 0 Å². The molecule has 0 spiro atoms. The van der Waals surface area contributed by atoms with Gasteiger partial charge in [0.05, 0.1) is 24.3 Å². The van der Waals surface area contributed by atoms with E-state index in [-0.39, 0.29) is 29.6 Å². The van der Waals surface area contributed by atoms with Gasteiger partial charge >= 0.3 is 29.6 Å². The number of hydrogen-bond donors (Lipinski definition) is 0. The van der Waals surface area contributed by atoms with Crippen LogP contribution in [-0.2, 0) is 4.79 Å². The first-order valence-electron chi connectivity index (χ1n) is 3.91. The minimum Gasteiger partial charge on any atom is -0.664 e. The van der Waals surface area contributed by atoms with Crippen LogP contribution in [0.1, 0.15) is 0 Å². The van der Waals surface area contributed by atoms with Crippen molar-refractivity contribution in [3.8, 4) is 0 Å². The van der Waals surface area contributed by atoms with Gasteiger partial charge in [-0.2, -0.15) is 0 Å². The molecular weight excluding hydrogens is 189 g/mol. The third kappa shape index (κ3) is 2.15. The molecule has 1 N–H and O–H groups in total. The third-order valence-electron chi connectivity index (χ3n) is 1.92. The molecule has 2 rings (SSSR count). The molecule has 0 aliphatic carbocycles. The van der Waals surface area contributed by atoms with Crippen molar-refractivity contribution in [1.29, 1.82) is 0 Å². The van der Waals surface area contributed by atoms with Gasteiger partial charge in [0.25, 0.3) is 0 Å². The normalized spacial score (nSPS) is 17.9. The summed E-state index contributed by atoms with van der Waals surface area (Å²) in [5.41, 5.74) is 8.20. The summed E-state index contributed by atoms with van der Waals surface area (Å²) in [6, 6.07) is 0. The molecule has 0 radical (unpaired) electrons. The van der Waals surface area contributed by atoms with Crippen LogP contribution in [-0.4, -0.2) is 23.6 Å². The molecule has 66 valence electrons. The molecule has 0 unspecified atom stereocenters. The van der Waals surface area contributed by atoms with Gasteiger partial charge in [0.1, 0.15) is 0 Å². The zero-order valence-corrected chi connectivity index (χ0v) is 9.90. The second-order valence-electron chi connectivity index (χ2n) is 2.78. The van der Waals surface area contributed by atoms with E-state index in [9.17, 15) is 4.79 Å². The van der Waals surface area contributed by atoms with Gasteiger partial charge in [0.15, 0.2) is 0 Å². The smallest absolute Gasteiger partial charge is 0.664 e. The molecule has 5 heteroatoms. The van der Waals surface area contributed by atoms with E-state index in [2.05, 4.69) is 4.99 Å². The number of nitrogens with one attached hydrogen (secondary N) is 1. The number of carbonyl (C=O) groups is 1. The van der Waals surface area contributed by atoms with Crippen LogP contribution < -0.4 is 29.6 Å². The van der Waals surface area contributed by atoms with Crippen LogP contribution in [0.2, 0.25) is 0 Å². The summed E-state index contributed by atoms with van der Waals surface area (Å²) in [4.78, 5) is 16.7. The second-order valence-corrected chi connectivity index (χ2v) is 2.78. The first-order valence-corrected chi connectivity index (χ1v) is 3.91. The van der Waals surface area contributed by atoms with E-state index in [1.54, 1.807) is 30.8 Å². The standard InChI is InChI=1S/C9H9N3O.Na/c10-9(13)7-1-3-12-4-2-11-6-8(12)5-7;/h1-3,5-6H,4H2,(H2,10,13);/q;+1/p-1. The molecule has 0 atom stereocenters. The Morgan fingerprint density at radius 2 is 2.36 bits per heavy atom. The van der Waals surface area contributed by atoms with Crippen LogP contribution in [0.5, 0.6) is 0 Å². The van der Waals surface area contributed by atoms with Crippen molar-refractivity contribution in [2.45, 2.75) is 0 Å². The van der Waals surface area contributed by atoms with Crippen LogP contribution in [0, 0.1) is 0 Å². The van der Waals surface area contributed by atoms with E-state index >= 15 is 0 Å². The van der Waals surface area contributed by atoms with Crippen LogP contribution in [0.3, 0.4) is 0 Å². The van der Waals surface area contributed by atoms with Crippen LogP contribution in [0.25, 0.3) is 5.73 Å². The quantitative estimate of drug-likeness (QED) is 0.468. The number of rotatable bonds is 1. The third-order valence-corrected chi connectivity index (χ3v) is 1.92. The average molecular weight is 197 g/mol. The molecule has 14 heavy (non-hydrogen) atoms. The molecule has 0 aromatic rings. The SMILES string of the molecule is [NH-]C(=O)C1=CC2=CN=CCN2C=C1.[Na+]. The predicted octanol–water partition coefficient (Wildman–Crippen LogP) is -1.75. The van der Waals surface area contributed by atoms with Crippen molar-refractivity contribution in [2.24, 2.45) is 4.99 Å². The summed E-state index contributed by atoms with van der Waals surface area (Å²) >= 11 is 0. The molecule has 0 bridgehead atoms. The first-order chi connectivity index (χ1) is 6.27. The Labute approximate surface area is 104 Å². The predicted molar refractivity (Wildman–Crippen MR) is 49.8 cm³/mol. The summed E-state index contributed by atoms with van der Waals surface area (Å²) < 4.78 is 0. The molecule has 0 aromatic carbocycles. The first kappa shape index (κ1) is 11.2. The maximum atomic E-state index is 10.7. The van der Waals surface area contributed by atoms with Crippen molar-refractivity contribution < 1.29 is 34.4 Å². The van der Waals surface area contributed by atoms with Gasteiger partial charge < -0.3 is 15.4 Å². The van der Waals surface area contributed by atoms with Crippen molar-refractivity contribution >= 4 is 12.1 Å². The molecule has 1 amide bonds. The van der Waals surface area contributed by atoms with E-state index in [1.165, 1.54) is 0 Å². The van der Waals surface area contributed by atoms with Gasteiger partial charge in [-0.25, -0.2) is 0 Å². The fraction of sp³-hybridized carbons (Fsp3) is 0.111. The van der Waals surface area contributed by atoms with E-state index in [0.29, 0.717) is 5.57 Å². The number of carbonyl (C=O) groups excluding carboxylic acids is 1. The Morgan fingerprint density at radius 1 is 1.57 bits per heavy atom. The number of allylic oxidation sites excluding steroid dienone is 1. The minimum atomic E-state index is -0.661. The van der Waals surface area contributed by atoms with Crippen LogP contribution in [0.15, 0.2) is 40.8 Å². The van der Waals surface area contributed by atoms with Gasteiger partial charge in [-0.1, -0.05) is 0 Å². The molecule has 2 aliphatic heterocycles. The zero-order chi connectivity index (χ0) is 9.26. The molecule has 0 aromatic heterocycles. The number of aliphatic imine (C=N–C) groups is 1. The van der Waals surface area contributed by atoms with Gasteiger partial charge in [-0.3, -0.25) is 4.99 Å². The maximum Gasteiger partial charge on any atom is 1.00 e. The Hall–Kier alpha value is -0.840. The van der Waals surface area contributed by atoms with Crippen molar-refractivity contribution in [3.05, 3.63) is 41.6 Å². The zero-order valence-electron chi connectivity index (χ0n) is 7.90. The molecule has 2 heterocycles. The molecule has 0 saturated heterocycles. The molecule has 4 nitrogen and oxygen atoms in total. The van der Waals surface area contributed by atoms with Crippen molar-refractivity contribution in [3.63, 3.8) is 0 Å². The molecule has 0 fully saturated rings. The summed E-state index contributed by atoms with van der Waals surface area (Å²) in [5, 5.41) is 0. The van der Waals surface area contributed by atoms with E-state index in [1.807, 2.05) is 4.90 Å². The van der Waals surface area contributed by atoms with E-state index < -0.39 is 5.91 Å². The van der Waals surface area contributed by atoms with Gasteiger partial charge in [-0.05, 0) is 12.2 Å². The Bertz CT molecular complexity index is 368. The number of fused-ring (bicyclic) bond motifs is 1. The fourth-order valence-corrected chi connectivity index (χ4v) is 1.23. The number of amides is 1. The monoisotopic (exact) mass is 197 g/mol. The van der Waals surface area contributed by atoms with Gasteiger partial charge in [0, 0.05) is 18.0 Å². The Morgan fingerprint density at radius 3 is 3.07 bits per heavy atom. The maximum absolute atomic E-state index is 10.7. The molecule has 2 aliphatic rings. The summed E-state index contributed by atoms with van der Waals surface area (Å²) in [6.45, 7) is 0.721. The van der Waals surface area contributed by atoms with Crippen molar-refractivity contribution in [2.75, 3.05) is 6.54 Å². The van der Waals surface area contributed by atoms with Crippen LogP contribution >= 0.6 is 0 Å². The van der Waals surface area contributed by atoms with Crippen LogP contribution in [0.4, 0.5) is 0 Å². The fourth-order valence-electron chi connectivity index (χ4n) is 1.23. The largest absolute Gasteiger partial charge is 1.00 e. The number of hydrogen-bond acceptors (Lipinski definition) is 3.